The maximum absolute atomic E-state index is 13.0. The number of piperidine rings is 1. The number of rotatable bonds is 5. The fraction of sp³-hybridized carbons (Fsp3) is 0.588. The summed E-state index contributed by atoms with van der Waals surface area (Å²) < 4.78 is 26.2. The van der Waals surface area contributed by atoms with Crippen molar-refractivity contribution in [1.29, 1.82) is 0 Å². The molecule has 1 aromatic carbocycles. The third-order valence-corrected chi connectivity index (χ3v) is 5.79. The quantitative estimate of drug-likeness (QED) is 0.797. The summed E-state index contributed by atoms with van der Waals surface area (Å²) in [6.07, 6.45) is 4.60. The van der Waals surface area contributed by atoms with Gasteiger partial charge in [-0.2, -0.15) is 0 Å². The van der Waals surface area contributed by atoms with E-state index in [1.54, 1.807) is 23.1 Å². The summed E-state index contributed by atoms with van der Waals surface area (Å²) in [5.41, 5.74) is 1.25. The first-order valence-electron chi connectivity index (χ1n) is 8.30. The number of carbonyl (C=O) groups excluding carboxylic acids is 1. The molecule has 24 heavy (non-hydrogen) atoms. The number of carbonyl (C=O) groups is 1. The van der Waals surface area contributed by atoms with Gasteiger partial charge in [-0.25, -0.2) is 8.42 Å². The van der Waals surface area contributed by atoms with Crippen LogP contribution < -0.4 is 4.31 Å². The smallest absolute Gasteiger partial charge is 0.246 e. The van der Waals surface area contributed by atoms with Crippen molar-refractivity contribution in [1.82, 2.24) is 4.90 Å². The number of hydrogen-bond donors (Lipinski definition) is 0. The molecule has 1 atom stereocenters. The van der Waals surface area contributed by atoms with Gasteiger partial charge < -0.3 is 4.90 Å². The first-order valence-corrected chi connectivity index (χ1v) is 10.5. The number of anilines is 1. The van der Waals surface area contributed by atoms with Crippen molar-refractivity contribution in [3.05, 3.63) is 28.8 Å². The van der Waals surface area contributed by atoms with E-state index in [0.29, 0.717) is 30.2 Å². The third kappa shape index (κ3) is 4.22. The number of benzene rings is 1. The Morgan fingerprint density at radius 1 is 1.29 bits per heavy atom. The number of likely N-dealkylation sites (tertiary alicyclic amines) is 1. The Kier molecular flexibility index (Phi) is 6.15. The number of sulfonamides is 1. The minimum absolute atomic E-state index is 0.123. The molecule has 0 bridgehead atoms. The average Bonchev–Trinajstić information content (AvgIpc) is 2.54. The van der Waals surface area contributed by atoms with Gasteiger partial charge in [-0.3, -0.25) is 9.10 Å². The van der Waals surface area contributed by atoms with Gasteiger partial charge in [0, 0.05) is 18.1 Å². The van der Waals surface area contributed by atoms with Gasteiger partial charge in [0.05, 0.1) is 11.9 Å². The van der Waals surface area contributed by atoms with Crippen LogP contribution in [0.5, 0.6) is 0 Å². The van der Waals surface area contributed by atoms with Crippen LogP contribution in [0.15, 0.2) is 18.2 Å². The van der Waals surface area contributed by atoms with Crippen LogP contribution >= 0.6 is 11.6 Å². The van der Waals surface area contributed by atoms with Gasteiger partial charge in [0.25, 0.3) is 0 Å². The summed E-state index contributed by atoms with van der Waals surface area (Å²) in [5, 5.41) is 0.449. The molecule has 1 heterocycles. The number of amides is 1. The Bertz CT molecular complexity index is 700. The lowest BCUT2D eigenvalue weighted by atomic mass is 10.1. The number of aryl methyl sites for hydroxylation is 1. The molecule has 134 valence electrons. The maximum Gasteiger partial charge on any atom is 0.246 e. The van der Waals surface area contributed by atoms with E-state index in [9.17, 15) is 13.2 Å². The first-order chi connectivity index (χ1) is 11.3. The molecule has 1 aromatic rings. The highest BCUT2D eigenvalue weighted by Crippen LogP contribution is 2.30. The van der Waals surface area contributed by atoms with Gasteiger partial charge in [-0.05, 0) is 50.3 Å². The molecule has 7 heteroatoms. The fourth-order valence-corrected chi connectivity index (χ4v) is 4.59. The van der Waals surface area contributed by atoms with Crippen LogP contribution in [0.2, 0.25) is 5.02 Å². The van der Waals surface area contributed by atoms with Gasteiger partial charge in [-0.15, -0.1) is 0 Å². The molecule has 1 aliphatic rings. The van der Waals surface area contributed by atoms with Crippen molar-refractivity contribution in [3.8, 4) is 0 Å². The van der Waals surface area contributed by atoms with Crippen molar-refractivity contribution in [2.75, 3.05) is 23.7 Å². The fourth-order valence-electron chi connectivity index (χ4n) is 3.16. The summed E-state index contributed by atoms with van der Waals surface area (Å²) >= 11 is 6.07. The molecule has 0 aromatic heterocycles. The highest BCUT2D eigenvalue weighted by molar-refractivity contribution is 7.92. The van der Waals surface area contributed by atoms with Crippen LogP contribution in [0.3, 0.4) is 0 Å². The monoisotopic (exact) mass is 372 g/mol. The molecule has 5 nitrogen and oxygen atoms in total. The molecule has 0 radical (unpaired) electrons. The Balaban J connectivity index is 2.45. The number of nitrogens with zero attached hydrogens (tertiary/aromatic N) is 2. The van der Waals surface area contributed by atoms with Crippen LogP contribution in [0.1, 0.15) is 38.2 Å². The summed E-state index contributed by atoms with van der Waals surface area (Å²) in [6.45, 7) is 5.05. The van der Waals surface area contributed by atoms with Crippen LogP contribution in [-0.4, -0.2) is 44.6 Å². The Hall–Kier alpha value is -1.27. The van der Waals surface area contributed by atoms with Gasteiger partial charge in [0.1, 0.15) is 6.04 Å². The van der Waals surface area contributed by atoms with Crippen molar-refractivity contribution in [2.45, 2.75) is 45.6 Å². The third-order valence-electron chi connectivity index (χ3n) is 4.39. The van der Waals surface area contributed by atoms with Crippen LogP contribution in [0.25, 0.3) is 0 Å². The van der Waals surface area contributed by atoms with Crippen molar-refractivity contribution >= 4 is 33.2 Å². The van der Waals surface area contributed by atoms with E-state index in [2.05, 4.69) is 0 Å². The second-order valence-electron chi connectivity index (χ2n) is 6.30. The summed E-state index contributed by atoms with van der Waals surface area (Å²) in [6, 6.07) is 4.36. The Morgan fingerprint density at radius 2 is 1.92 bits per heavy atom. The van der Waals surface area contributed by atoms with Gasteiger partial charge in [-0.1, -0.05) is 24.6 Å². The lowest BCUT2D eigenvalue weighted by molar-refractivity contribution is -0.133. The van der Waals surface area contributed by atoms with E-state index in [0.717, 1.165) is 31.1 Å². The largest absolute Gasteiger partial charge is 0.341 e. The van der Waals surface area contributed by atoms with E-state index in [-0.39, 0.29) is 5.91 Å². The maximum atomic E-state index is 13.0. The van der Waals surface area contributed by atoms with Crippen molar-refractivity contribution in [2.24, 2.45) is 0 Å². The van der Waals surface area contributed by atoms with E-state index in [1.807, 2.05) is 13.8 Å². The molecule has 1 saturated heterocycles. The minimum Gasteiger partial charge on any atom is -0.341 e. The van der Waals surface area contributed by atoms with Gasteiger partial charge >= 0.3 is 0 Å². The normalized spacial score (nSPS) is 16.8. The lowest BCUT2D eigenvalue weighted by Crippen LogP contribution is -2.52. The molecular formula is C17H25ClN2O3S. The molecule has 1 amide bonds. The van der Waals surface area contributed by atoms with E-state index < -0.39 is 16.1 Å². The van der Waals surface area contributed by atoms with E-state index in [1.165, 1.54) is 4.31 Å². The minimum atomic E-state index is -3.63. The zero-order valence-electron chi connectivity index (χ0n) is 14.5. The van der Waals surface area contributed by atoms with Gasteiger partial charge in [0.15, 0.2) is 0 Å². The summed E-state index contributed by atoms with van der Waals surface area (Å²) in [5.74, 6) is -0.123. The zero-order valence-corrected chi connectivity index (χ0v) is 16.0. The lowest BCUT2D eigenvalue weighted by Gasteiger charge is -2.36. The molecule has 2 rings (SSSR count). The van der Waals surface area contributed by atoms with E-state index >= 15 is 0 Å². The predicted octanol–water partition coefficient (Wildman–Crippen LogP) is 3.21. The van der Waals surface area contributed by atoms with Crippen molar-refractivity contribution in [3.63, 3.8) is 0 Å². The molecular weight excluding hydrogens is 348 g/mol. The van der Waals surface area contributed by atoms with Crippen LogP contribution in [0.4, 0.5) is 5.69 Å². The molecule has 0 saturated carbocycles. The Morgan fingerprint density at radius 3 is 2.46 bits per heavy atom. The highest BCUT2D eigenvalue weighted by atomic mass is 35.5. The molecule has 0 unspecified atom stereocenters. The first kappa shape index (κ1) is 19.1. The highest BCUT2D eigenvalue weighted by Gasteiger charge is 2.35. The SMILES string of the molecule is CC[C@H](C(=O)N1CCCCC1)N(c1cc(Cl)ccc1C)S(C)(=O)=O. The average molecular weight is 373 g/mol. The predicted molar refractivity (Wildman–Crippen MR) is 98.0 cm³/mol. The van der Waals surface area contributed by atoms with E-state index in [4.69, 9.17) is 11.6 Å². The zero-order chi connectivity index (χ0) is 17.9. The Labute approximate surface area is 149 Å². The van der Waals surface area contributed by atoms with Crippen LogP contribution in [0, 0.1) is 6.92 Å². The standard InChI is InChI=1S/C17H25ClN2O3S/c1-4-15(17(21)19-10-6-5-7-11-19)20(24(3,22)23)16-12-14(18)9-8-13(16)2/h8-9,12,15H,4-7,10-11H2,1-3H3/t15-/m1/s1. The molecule has 0 N–H and O–H groups in total. The number of hydrogen-bond acceptors (Lipinski definition) is 3. The van der Waals surface area contributed by atoms with Crippen molar-refractivity contribution < 1.29 is 13.2 Å². The second-order valence-corrected chi connectivity index (χ2v) is 8.60. The molecule has 0 aliphatic carbocycles. The molecule has 1 fully saturated rings. The summed E-state index contributed by atoms with van der Waals surface area (Å²) in [4.78, 5) is 14.8. The summed E-state index contributed by atoms with van der Waals surface area (Å²) in [7, 11) is -3.63. The topological polar surface area (TPSA) is 57.7 Å². The number of halogens is 1. The van der Waals surface area contributed by atoms with Crippen LogP contribution in [-0.2, 0) is 14.8 Å². The second kappa shape index (κ2) is 7.74. The van der Waals surface area contributed by atoms with Gasteiger partial charge in [0.2, 0.25) is 15.9 Å². The molecule has 0 spiro atoms. The molecule has 1 aliphatic heterocycles.